The molecule has 0 amide bonds. The largest absolute Gasteiger partial charge is 0.435 e. The van der Waals surface area contributed by atoms with Crippen LogP contribution in [0.25, 0.3) is 0 Å². The van der Waals surface area contributed by atoms with Crippen molar-refractivity contribution < 1.29 is 13.5 Å². The Bertz CT molecular complexity index is 540. The number of aryl methyl sites for hydroxylation is 1. The summed E-state index contributed by atoms with van der Waals surface area (Å²) in [5.74, 6) is 0.120. The fraction of sp³-hybridized carbons (Fsp3) is 0.200. The molecule has 0 fully saturated rings. The minimum absolute atomic E-state index is 0.120. The molecule has 0 saturated carbocycles. The van der Waals surface area contributed by atoms with Gasteiger partial charge in [0, 0.05) is 0 Å². The Morgan fingerprint density at radius 3 is 2.32 bits per heavy atom. The molecular weight excluding hydrogens is 248 g/mol. The molecule has 1 atom stereocenters. The molecule has 0 aliphatic rings. The van der Waals surface area contributed by atoms with Gasteiger partial charge in [0.15, 0.2) is 0 Å². The molecule has 0 spiro atoms. The molecule has 0 bridgehead atoms. The van der Waals surface area contributed by atoms with Crippen LogP contribution < -0.4 is 10.5 Å². The predicted molar refractivity (Wildman–Crippen MR) is 70.3 cm³/mol. The average Bonchev–Trinajstić information content (AvgIpc) is 2.38. The van der Waals surface area contributed by atoms with E-state index in [1.165, 1.54) is 12.1 Å². The maximum absolute atomic E-state index is 12.2. The fourth-order valence-corrected chi connectivity index (χ4v) is 1.85. The molecule has 0 heterocycles. The van der Waals surface area contributed by atoms with E-state index in [2.05, 4.69) is 4.74 Å². The Labute approximate surface area is 110 Å². The van der Waals surface area contributed by atoms with Crippen LogP contribution in [-0.4, -0.2) is 6.61 Å². The van der Waals surface area contributed by atoms with Crippen LogP contribution >= 0.6 is 0 Å². The zero-order valence-electron chi connectivity index (χ0n) is 10.5. The van der Waals surface area contributed by atoms with Gasteiger partial charge in [0.1, 0.15) is 5.75 Å². The second-order valence-electron chi connectivity index (χ2n) is 4.34. The van der Waals surface area contributed by atoms with E-state index in [0.717, 1.165) is 16.7 Å². The lowest BCUT2D eigenvalue weighted by atomic mass is 9.99. The highest BCUT2D eigenvalue weighted by atomic mass is 19.3. The first-order chi connectivity index (χ1) is 9.06. The molecule has 0 saturated heterocycles. The van der Waals surface area contributed by atoms with Crippen LogP contribution in [0.2, 0.25) is 0 Å². The van der Waals surface area contributed by atoms with Crippen LogP contribution in [0.5, 0.6) is 5.75 Å². The summed E-state index contributed by atoms with van der Waals surface area (Å²) in [7, 11) is 0. The van der Waals surface area contributed by atoms with E-state index in [1.807, 2.05) is 31.2 Å². The third-order valence-corrected chi connectivity index (χ3v) is 2.88. The summed E-state index contributed by atoms with van der Waals surface area (Å²) >= 11 is 0. The second kappa shape index (κ2) is 5.80. The number of halogens is 2. The van der Waals surface area contributed by atoms with Gasteiger partial charge in [-0.3, -0.25) is 0 Å². The Morgan fingerprint density at radius 2 is 1.68 bits per heavy atom. The maximum atomic E-state index is 12.2. The topological polar surface area (TPSA) is 35.2 Å². The van der Waals surface area contributed by atoms with E-state index in [-0.39, 0.29) is 11.8 Å². The van der Waals surface area contributed by atoms with Gasteiger partial charge in [-0.25, -0.2) is 0 Å². The first-order valence-corrected chi connectivity index (χ1v) is 5.93. The summed E-state index contributed by atoms with van der Waals surface area (Å²) in [6.07, 6.45) is 0. The first-order valence-electron chi connectivity index (χ1n) is 5.93. The SMILES string of the molecule is Cc1ccc(C(N)c2cccc(OC(F)F)c2)cc1. The molecule has 0 aromatic heterocycles. The summed E-state index contributed by atoms with van der Waals surface area (Å²) in [6.45, 7) is -0.835. The zero-order chi connectivity index (χ0) is 13.8. The number of rotatable bonds is 4. The number of benzene rings is 2. The first kappa shape index (κ1) is 13.5. The van der Waals surface area contributed by atoms with Gasteiger partial charge in [-0.1, -0.05) is 42.0 Å². The Hall–Kier alpha value is -1.94. The van der Waals surface area contributed by atoms with Gasteiger partial charge in [-0.15, -0.1) is 0 Å². The molecule has 4 heteroatoms. The van der Waals surface area contributed by atoms with Crippen LogP contribution in [-0.2, 0) is 0 Å². The summed E-state index contributed by atoms with van der Waals surface area (Å²) in [4.78, 5) is 0. The van der Waals surface area contributed by atoms with Crippen molar-refractivity contribution in [3.8, 4) is 5.75 Å². The molecule has 2 aromatic rings. The lowest BCUT2D eigenvalue weighted by molar-refractivity contribution is -0.0498. The minimum Gasteiger partial charge on any atom is -0.435 e. The van der Waals surface area contributed by atoms with Crippen molar-refractivity contribution in [2.75, 3.05) is 0 Å². The molecule has 2 nitrogen and oxygen atoms in total. The Morgan fingerprint density at radius 1 is 1.00 bits per heavy atom. The molecule has 100 valence electrons. The Kier molecular flexibility index (Phi) is 4.12. The minimum atomic E-state index is -2.83. The average molecular weight is 263 g/mol. The monoisotopic (exact) mass is 263 g/mol. The van der Waals surface area contributed by atoms with E-state index >= 15 is 0 Å². The molecule has 0 aliphatic heterocycles. The van der Waals surface area contributed by atoms with Gasteiger partial charge in [0.05, 0.1) is 6.04 Å². The molecule has 1 unspecified atom stereocenters. The van der Waals surface area contributed by atoms with Crippen LogP contribution in [0.4, 0.5) is 8.78 Å². The van der Waals surface area contributed by atoms with E-state index in [0.29, 0.717) is 0 Å². The molecule has 0 aliphatic carbocycles. The molecule has 0 radical (unpaired) electrons. The van der Waals surface area contributed by atoms with Crippen molar-refractivity contribution >= 4 is 0 Å². The Balaban J connectivity index is 2.23. The van der Waals surface area contributed by atoms with E-state index in [4.69, 9.17) is 5.73 Å². The number of hydrogen-bond acceptors (Lipinski definition) is 2. The van der Waals surface area contributed by atoms with Crippen molar-refractivity contribution in [1.29, 1.82) is 0 Å². The highest BCUT2D eigenvalue weighted by Gasteiger charge is 2.11. The van der Waals surface area contributed by atoms with Gasteiger partial charge in [-0.2, -0.15) is 8.78 Å². The number of hydrogen-bond donors (Lipinski definition) is 1. The van der Waals surface area contributed by atoms with Gasteiger partial charge in [0.25, 0.3) is 0 Å². The quantitative estimate of drug-likeness (QED) is 0.914. The van der Waals surface area contributed by atoms with Crippen molar-refractivity contribution in [2.45, 2.75) is 19.6 Å². The smallest absolute Gasteiger partial charge is 0.387 e. The number of ether oxygens (including phenoxy) is 1. The third kappa shape index (κ3) is 3.51. The summed E-state index contributed by atoms with van der Waals surface area (Å²) in [5, 5.41) is 0. The van der Waals surface area contributed by atoms with Gasteiger partial charge < -0.3 is 10.5 Å². The van der Waals surface area contributed by atoms with Crippen molar-refractivity contribution in [2.24, 2.45) is 5.73 Å². The maximum Gasteiger partial charge on any atom is 0.387 e. The highest BCUT2D eigenvalue weighted by molar-refractivity contribution is 5.37. The molecule has 2 aromatic carbocycles. The van der Waals surface area contributed by atoms with E-state index in [1.54, 1.807) is 12.1 Å². The molecule has 2 N–H and O–H groups in total. The normalized spacial score (nSPS) is 12.5. The fourth-order valence-electron chi connectivity index (χ4n) is 1.85. The lowest BCUT2D eigenvalue weighted by Gasteiger charge is -2.14. The van der Waals surface area contributed by atoms with Gasteiger partial charge in [-0.05, 0) is 30.2 Å². The van der Waals surface area contributed by atoms with Crippen LogP contribution in [0.3, 0.4) is 0 Å². The highest BCUT2D eigenvalue weighted by Crippen LogP contribution is 2.24. The van der Waals surface area contributed by atoms with Crippen LogP contribution in [0.1, 0.15) is 22.7 Å². The van der Waals surface area contributed by atoms with E-state index in [9.17, 15) is 8.78 Å². The van der Waals surface area contributed by atoms with Crippen molar-refractivity contribution in [1.82, 2.24) is 0 Å². The van der Waals surface area contributed by atoms with Crippen LogP contribution in [0, 0.1) is 6.92 Å². The summed E-state index contributed by atoms with van der Waals surface area (Å²) in [6, 6.07) is 13.9. The van der Waals surface area contributed by atoms with Gasteiger partial charge >= 0.3 is 6.61 Å². The van der Waals surface area contributed by atoms with Gasteiger partial charge in [0.2, 0.25) is 0 Å². The van der Waals surface area contributed by atoms with E-state index < -0.39 is 6.61 Å². The van der Waals surface area contributed by atoms with Crippen molar-refractivity contribution in [3.63, 3.8) is 0 Å². The third-order valence-electron chi connectivity index (χ3n) is 2.88. The standard InChI is InChI=1S/C15H15F2NO/c1-10-5-7-11(8-6-10)14(18)12-3-2-4-13(9-12)19-15(16)17/h2-9,14-15H,18H2,1H3. The summed E-state index contributed by atoms with van der Waals surface area (Å²) in [5.41, 5.74) is 8.94. The lowest BCUT2D eigenvalue weighted by Crippen LogP contribution is -2.12. The number of nitrogens with two attached hydrogens (primary N) is 1. The van der Waals surface area contributed by atoms with Crippen LogP contribution in [0.15, 0.2) is 48.5 Å². The second-order valence-corrected chi connectivity index (χ2v) is 4.34. The predicted octanol–water partition coefficient (Wildman–Crippen LogP) is 3.64. The molecule has 19 heavy (non-hydrogen) atoms. The van der Waals surface area contributed by atoms with Crippen molar-refractivity contribution in [3.05, 3.63) is 65.2 Å². The number of alkyl halides is 2. The summed E-state index contributed by atoms with van der Waals surface area (Å²) < 4.78 is 28.7. The molecule has 2 rings (SSSR count). The zero-order valence-corrected chi connectivity index (χ0v) is 10.5. The molecular formula is C15H15F2NO.